The predicted molar refractivity (Wildman–Crippen MR) is 58.1 cm³/mol. The molecule has 1 aliphatic heterocycles. The van der Waals surface area contributed by atoms with Crippen molar-refractivity contribution in [2.45, 2.75) is 19.3 Å². The number of ether oxygens (including phenoxy) is 1. The summed E-state index contributed by atoms with van der Waals surface area (Å²) in [5.41, 5.74) is 6.76. The van der Waals surface area contributed by atoms with Crippen LogP contribution in [-0.4, -0.2) is 13.2 Å². The summed E-state index contributed by atoms with van der Waals surface area (Å²) in [5, 5.41) is 0. The number of hydrogen-bond acceptors (Lipinski definition) is 2. The lowest BCUT2D eigenvalue weighted by molar-refractivity contribution is 0.0663. The number of rotatable bonds is 2. The number of halogens is 1. The van der Waals surface area contributed by atoms with Gasteiger partial charge in [0.15, 0.2) is 0 Å². The van der Waals surface area contributed by atoms with Crippen molar-refractivity contribution in [3.63, 3.8) is 0 Å². The molecule has 1 saturated heterocycles. The molecular formula is C12H16FNO. The van der Waals surface area contributed by atoms with Gasteiger partial charge in [-0.05, 0) is 42.9 Å². The molecule has 3 heteroatoms. The van der Waals surface area contributed by atoms with Crippen molar-refractivity contribution in [3.05, 3.63) is 29.6 Å². The second-order valence-corrected chi connectivity index (χ2v) is 4.11. The average molecular weight is 209 g/mol. The van der Waals surface area contributed by atoms with Gasteiger partial charge in [-0.25, -0.2) is 4.39 Å². The Labute approximate surface area is 89.2 Å². The maximum atomic E-state index is 13.5. The Morgan fingerprint density at radius 2 is 2.07 bits per heavy atom. The summed E-state index contributed by atoms with van der Waals surface area (Å²) in [6.45, 7) is 1.61. The molecule has 0 saturated carbocycles. The second-order valence-electron chi connectivity index (χ2n) is 4.11. The van der Waals surface area contributed by atoms with Crippen LogP contribution in [0.1, 0.15) is 18.4 Å². The summed E-state index contributed by atoms with van der Waals surface area (Å²) in [5.74, 6) is 0.373. The molecule has 1 aliphatic rings. The molecule has 0 aliphatic carbocycles. The van der Waals surface area contributed by atoms with Crippen molar-refractivity contribution in [1.29, 1.82) is 0 Å². The zero-order chi connectivity index (χ0) is 10.7. The third-order valence-electron chi connectivity index (χ3n) is 2.93. The number of nitrogens with two attached hydrogens (primary N) is 1. The van der Waals surface area contributed by atoms with Crippen LogP contribution in [0.2, 0.25) is 0 Å². The molecule has 0 unspecified atom stereocenters. The molecule has 0 bridgehead atoms. The van der Waals surface area contributed by atoms with Crippen LogP contribution < -0.4 is 5.73 Å². The van der Waals surface area contributed by atoms with Crippen molar-refractivity contribution >= 4 is 5.69 Å². The molecule has 82 valence electrons. The molecule has 1 fully saturated rings. The zero-order valence-electron chi connectivity index (χ0n) is 8.71. The molecule has 1 heterocycles. The van der Waals surface area contributed by atoms with E-state index in [0.717, 1.165) is 38.0 Å². The van der Waals surface area contributed by atoms with Crippen molar-refractivity contribution in [1.82, 2.24) is 0 Å². The second kappa shape index (κ2) is 4.62. The Bertz CT molecular complexity index is 334. The van der Waals surface area contributed by atoms with E-state index in [1.165, 1.54) is 6.07 Å². The highest BCUT2D eigenvalue weighted by atomic mass is 19.1. The van der Waals surface area contributed by atoms with E-state index in [1.807, 2.05) is 0 Å². The van der Waals surface area contributed by atoms with E-state index in [-0.39, 0.29) is 5.82 Å². The Hall–Kier alpha value is -1.09. The molecule has 0 atom stereocenters. The van der Waals surface area contributed by atoms with Crippen LogP contribution in [-0.2, 0) is 11.2 Å². The molecule has 2 rings (SSSR count). The highest BCUT2D eigenvalue weighted by molar-refractivity contribution is 5.40. The van der Waals surface area contributed by atoms with Crippen LogP contribution in [0.3, 0.4) is 0 Å². The largest absolute Gasteiger partial charge is 0.399 e. The highest BCUT2D eigenvalue weighted by Gasteiger charge is 2.15. The Balaban J connectivity index is 2.03. The quantitative estimate of drug-likeness (QED) is 0.759. The lowest BCUT2D eigenvalue weighted by Gasteiger charge is -2.22. The summed E-state index contributed by atoms with van der Waals surface area (Å²) in [7, 11) is 0. The standard InChI is InChI=1S/C12H16FNO/c13-12-8-11(14)2-1-10(12)7-9-3-5-15-6-4-9/h1-2,8-9H,3-7,14H2. The van der Waals surface area contributed by atoms with Gasteiger partial charge in [0.05, 0.1) is 0 Å². The van der Waals surface area contributed by atoms with E-state index in [9.17, 15) is 4.39 Å². The molecule has 2 nitrogen and oxygen atoms in total. The van der Waals surface area contributed by atoms with Crippen LogP contribution in [0.25, 0.3) is 0 Å². The van der Waals surface area contributed by atoms with Gasteiger partial charge in [-0.3, -0.25) is 0 Å². The number of anilines is 1. The van der Waals surface area contributed by atoms with E-state index in [4.69, 9.17) is 10.5 Å². The third kappa shape index (κ3) is 2.69. The van der Waals surface area contributed by atoms with Gasteiger partial charge in [-0.15, -0.1) is 0 Å². The summed E-state index contributed by atoms with van der Waals surface area (Å²) >= 11 is 0. The fraction of sp³-hybridized carbons (Fsp3) is 0.500. The van der Waals surface area contributed by atoms with E-state index < -0.39 is 0 Å². The SMILES string of the molecule is Nc1ccc(CC2CCOCC2)c(F)c1. The van der Waals surface area contributed by atoms with Crippen molar-refractivity contribution < 1.29 is 9.13 Å². The normalized spacial score (nSPS) is 17.9. The van der Waals surface area contributed by atoms with Gasteiger partial charge in [-0.1, -0.05) is 6.07 Å². The maximum absolute atomic E-state index is 13.5. The van der Waals surface area contributed by atoms with Crippen molar-refractivity contribution in [3.8, 4) is 0 Å². The molecule has 0 radical (unpaired) electrons. The van der Waals surface area contributed by atoms with Crippen molar-refractivity contribution in [2.75, 3.05) is 18.9 Å². The fourth-order valence-electron chi connectivity index (χ4n) is 1.99. The topological polar surface area (TPSA) is 35.2 Å². The minimum Gasteiger partial charge on any atom is -0.399 e. The van der Waals surface area contributed by atoms with E-state index in [1.54, 1.807) is 12.1 Å². The van der Waals surface area contributed by atoms with Gasteiger partial charge in [0, 0.05) is 18.9 Å². The van der Waals surface area contributed by atoms with Crippen LogP contribution in [0.4, 0.5) is 10.1 Å². The summed E-state index contributed by atoms with van der Waals surface area (Å²) in [4.78, 5) is 0. The fourth-order valence-corrected chi connectivity index (χ4v) is 1.99. The molecule has 0 aromatic heterocycles. The summed E-state index contributed by atoms with van der Waals surface area (Å²) < 4.78 is 18.8. The van der Waals surface area contributed by atoms with E-state index in [0.29, 0.717) is 11.6 Å². The third-order valence-corrected chi connectivity index (χ3v) is 2.93. The van der Waals surface area contributed by atoms with Crippen molar-refractivity contribution in [2.24, 2.45) is 5.92 Å². The van der Waals surface area contributed by atoms with Gasteiger partial charge in [0.1, 0.15) is 5.82 Å². The first-order valence-corrected chi connectivity index (χ1v) is 5.37. The molecule has 0 amide bonds. The van der Waals surface area contributed by atoms with Gasteiger partial charge in [-0.2, -0.15) is 0 Å². The minimum atomic E-state index is -0.179. The summed E-state index contributed by atoms with van der Waals surface area (Å²) in [6, 6.07) is 4.95. The first-order valence-electron chi connectivity index (χ1n) is 5.37. The number of nitrogen functional groups attached to an aromatic ring is 1. The molecule has 1 aromatic rings. The first-order chi connectivity index (χ1) is 7.25. The zero-order valence-corrected chi connectivity index (χ0v) is 8.71. The molecule has 2 N–H and O–H groups in total. The monoisotopic (exact) mass is 209 g/mol. The lowest BCUT2D eigenvalue weighted by Crippen LogP contribution is -2.18. The Morgan fingerprint density at radius 1 is 1.33 bits per heavy atom. The Morgan fingerprint density at radius 3 is 2.73 bits per heavy atom. The van der Waals surface area contributed by atoms with E-state index in [2.05, 4.69) is 0 Å². The Kier molecular flexibility index (Phi) is 3.21. The van der Waals surface area contributed by atoms with Gasteiger partial charge < -0.3 is 10.5 Å². The number of hydrogen-bond donors (Lipinski definition) is 1. The lowest BCUT2D eigenvalue weighted by atomic mass is 9.92. The van der Waals surface area contributed by atoms with Crippen LogP contribution in [0.5, 0.6) is 0 Å². The van der Waals surface area contributed by atoms with Gasteiger partial charge in [0.2, 0.25) is 0 Å². The van der Waals surface area contributed by atoms with Crippen LogP contribution in [0.15, 0.2) is 18.2 Å². The molecule has 0 spiro atoms. The van der Waals surface area contributed by atoms with Gasteiger partial charge >= 0.3 is 0 Å². The van der Waals surface area contributed by atoms with Crippen LogP contribution >= 0.6 is 0 Å². The average Bonchev–Trinajstić information content (AvgIpc) is 2.24. The maximum Gasteiger partial charge on any atom is 0.128 e. The minimum absolute atomic E-state index is 0.179. The molecule has 1 aromatic carbocycles. The number of benzene rings is 1. The highest BCUT2D eigenvalue weighted by Crippen LogP contribution is 2.22. The summed E-state index contributed by atoms with van der Waals surface area (Å²) in [6.07, 6.45) is 2.86. The first kappa shape index (κ1) is 10.4. The smallest absolute Gasteiger partial charge is 0.128 e. The van der Waals surface area contributed by atoms with E-state index >= 15 is 0 Å². The predicted octanol–water partition coefficient (Wildman–Crippen LogP) is 2.38. The molecule has 15 heavy (non-hydrogen) atoms. The molecular weight excluding hydrogens is 193 g/mol. The van der Waals surface area contributed by atoms with Gasteiger partial charge in [0.25, 0.3) is 0 Å². The van der Waals surface area contributed by atoms with Crippen LogP contribution in [0, 0.1) is 11.7 Å².